The van der Waals surface area contributed by atoms with Gasteiger partial charge in [-0.3, -0.25) is 9.80 Å². The summed E-state index contributed by atoms with van der Waals surface area (Å²) in [6.07, 6.45) is 4.37. The van der Waals surface area contributed by atoms with Gasteiger partial charge in [0.1, 0.15) is 0 Å². The molecule has 0 unspecified atom stereocenters. The molecule has 1 spiro atoms. The van der Waals surface area contributed by atoms with Crippen LogP contribution < -0.4 is 14.9 Å². The monoisotopic (exact) mass is 636 g/mol. The maximum Gasteiger partial charge on any atom is 0.322 e. The smallest absolute Gasteiger partial charge is 0.322 e. The summed E-state index contributed by atoms with van der Waals surface area (Å²) in [5.74, 6) is 0.436. The van der Waals surface area contributed by atoms with Crippen molar-refractivity contribution in [2.75, 3.05) is 43.1 Å². The Hall–Kier alpha value is -3.25. The topological polar surface area (TPSA) is 116 Å². The van der Waals surface area contributed by atoms with Gasteiger partial charge in [-0.2, -0.15) is 0 Å². The molecule has 9 nitrogen and oxygen atoms in total. The van der Waals surface area contributed by atoms with E-state index in [2.05, 4.69) is 58.3 Å². The van der Waals surface area contributed by atoms with Crippen LogP contribution in [0.3, 0.4) is 0 Å². The van der Waals surface area contributed by atoms with Gasteiger partial charge in [-0.05, 0) is 90.5 Å². The number of amides is 2. The van der Waals surface area contributed by atoms with Crippen LogP contribution in [-0.2, 0) is 38.4 Å². The van der Waals surface area contributed by atoms with E-state index in [9.17, 15) is 21.6 Å². The minimum Gasteiger partial charge on any atom is -0.334 e. The third-order valence-electron chi connectivity index (χ3n) is 9.53. The lowest BCUT2D eigenvalue weighted by atomic mass is 9.79. The molecule has 2 amide bonds. The summed E-state index contributed by atoms with van der Waals surface area (Å²) in [7, 11) is -5.05. The number of sulfone groups is 1. The summed E-state index contributed by atoms with van der Waals surface area (Å²) < 4.78 is 50.1. The van der Waals surface area contributed by atoms with Crippen LogP contribution in [0.15, 0.2) is 65.6 Å². The van der Waals surface area contributed by atoms with Crippen LogP contribution in [0.25, 0.3) is 11.1 Å². The van der Waals surface area contributed by atoms with Gasteiger partial charge >= 0.3 is 6.03 Å². The molecule has 11 heteroatoms. The molecule has 3 aromatic rings. The standard InChI is InChI=1S/C33H40N4O5S2/c1-24-5-6-26(22-36-15-17-43(39,40)18-16-36)19-29(24)27-9-12-31-30(20-27)33(13-3-4-14-33)23-37(31)32(38)35-21-25-7-10-28(11-8-25)44(41,42)34-2/h5-12,19-20,34H,3-4,13-18,21-23H2,1-2H3,(H,35,38). The number of hydrogen-bond donors (Lipinski definition) is 2. The van der Waals surface area contributed by atoms with Gasteiger partial charge in [-0.15, -0.1) is 0 Å². The third-order valence-corrected chi connectivity index (χ3v) is 12.6. The Morgan fingerprint density at radius 3 is 2.30 bits per heavy atom. The van der Waals surface area contributed by atoms with Crippen LogP contribution in [0.1, 0.15) is 47.9 Å². The van der Waals surface area contributed by atoms with Gasteiger partial charge in [0, 0.05) is 43.8 Å². The molecule has 1 saturated carbocycles. The Balaban J connectivity index is 1.22. The van der Waals surface area contributed by atoms with Gasteiger partial charge < -0.3 is 5.32 Å². The maximum atomic E-state index is 13.5. The predicted octanol–water partition coefficient (Wildman–Crippen LogP) is 4.34. The van der Waals surface area contributed by atoms with Gasteiger partial charge in [0.2, 0.25) is 10.0 Å². The number of nitrogens with one attached hydrogen (secondary N) is 2. The second-order valence-corrected chi connectivity index (χ2v) is 16.6. The van der Waals surface area contributed by atoms with Crippen LogP contribution in [0, 0.1) is 6.92 Å². The maximum absolute atomic E-state index is 13.5. The largest absolute Gasteiger partial charge is 0.334 e. The normalized spacial score (nSPS) is 19.3. The summed E-state index contributed by atoms with van der Waals surface area (Å²) in [6, 6.07) is 19.3. The van der Waals surface area contributed by atoms with E-state index in [4.69, 9.17) is 0 Å². The average Bonchev–Trinajstić information content (AvgIpc) is 3.63. The molecular formula is C33H40N4O5S2. The summed E-state index contributed by atoms with van der Waals surface area (Å²) in [5, 5.41) is 3.05. The van der Waals surface area contributed by atoms with Crippen molar-refractivity contribution in [2.45, 2.75) is 56.0 Å². The zero-order chi connectivity index (χ0) is 31.1. The minimum absolute atomic E-state index is 0.0589. The van der Waals surface area contributed by atoms with Crippen molar-refractivity contribution in [3.05, 3.63) is 82.9 Å². The molecule has 1 saturated heterocycles. The third kappa shape index (κ3) is 6.15. The molecule has 0 atom stereocenters. The Morgan fingerprint density at radius 1 is 0.932 bits per heavy atom. The number of carbonyl (C=O) groups excluding carboxylic acids is 1. The number of fused-ring (bicyclic) bond motifs is 2. The first-order valence-electron chi connectivity index (χ1n) is 15.2. The van der Waals surface area contributed by atoms with E-state index in [0.717, 1.165) is 54.6 Å². The molecule has 2 heterocycles. The molecule has 0 radical (unpaired) electrons. The number of carbonyl (C=O) groups is 1. The molecule has 2 fully saturated rings. The van der Waals surface area contributed by atoms with Gasteiger partial charge in [0.25, 0.3) is 0 Å². The lowest BCUT2D eigenvalue weighted by Gasteiger charge is -2.27. The summed E-state index contributed by atoms with van der Waals surface area (Å²) in [4.78, 5) is 17.8. The Labute approximate surface area is 260 Å². The second-order valence-electron chi connectivity index (χ2n) is 12.4. The van der Waals surface area contributed by atoms with Crippen molar-refractivity contribution in [2.24, 2.45) is 0 Å². The summed E-state index contributed by atoms with van der Waals surface area (Å²) in [5.41, 5.74) is 7.58. The number of nitrogens with zero attached hydrogens (tertiary/aromatic N) is 2. The fourth-order valence-corrected chi connectivity index (χ4v) is 8.93. The molecule has 0 aromatic heterocycles. The first-order valence-corrected chi connectivity index (χ1v) is 18.5. The molecule has 3 aromatic carbocycles. The number of anilines is 1. The van der Waals surface area contributed by atoms with Crippen LogP contribution in [0.2, 0.25) is 0 Å². The molecule has 234 valence electrons. The van der Waals surface area contributed by atoms with Gasteiger partial charge in [0.15, 0.2) is 9.84 Å². The highest BCUT2D eigenvalue weighted by molar-refractivity contribution is 7.91. The molecule has 3 aliphatic rings. The molecule has 1 aliphatic carbocycles. The SMILES string of the molecule is CNS(=O)(=O)c1ccc(CNC(=O)N2CC3(CCCC3)c3cc(-c4cc(CN5CCS(=O)(=O)CC5)ccc4C)ccc32)cc1. The Kier molecular flexibility index (Phi) is 8.34. The molecule has 2 N–H and O–H groups in total. The zero-order valence-corrected chi connectivity index (χ0v) is 26.9. The van der Waals surface area contributed by atoms with E-state index in [1.165, 1.54) is 23.7 Å². The van der Waals surface area contributed by atoms with Gasteiger partial charge in [0.05, 0.1) is 16.4 Å². The van der Waals surface area contributed by atoms with E-state index in [1.807, 2.05) is 4.90 Å². The fourth-order valence-electron chi connectivity index (χ4n) is 6.92. The molecular weight excluding hydrogens is 597 g/mol. The summed E-state index contributed by atoms with van der Waals surface area (Å²) >= 11 is 0. The van der Waals surface area contributed by atoms with Gasteiger partial charge in [-0.1, -0.05) is 43.2 Å². The zero-order valence-electron chi connectivity index (χ0n) is 25.3. The van der Waals surface area contributed by atoms with Crippen LogP contribution in [-0.4, -0.2) is 66.0 Å². The van der Waals surface area contributed by atoms with Crippen molar-refractivity contribution in [1.82, 2.24) is 14.9 Å². The quantitative estimate of drug-likeness (QED) is 0.399. The first kappa shape index (κ1) is 30.8. The van der Waals surface area contributed by atoms with E-state index in [0.29, 0.717) is 26.2 Å². The molecule has 44 heavy (non-hydrogen) atoms. The van der Waals surface area contributed by atoms with Crippen LogP contribution in [0.4, 0.5) is 10.5 Å². The number of rotatable bonds is 7. The Bertz CT molecular complexity index is 1770. The fraction of sp³-hybridized carbons (Fsp3) is 0.424. The predicted molar refractivity (Wildman–Crippen MR) is 173 cm³/mol. The van der Waals surface area contributed by atoms with E-state index in [-0.39, 0.29) is 27.8 Å². The lowest BCUT2D eigenvalue weighted by molar-refractivity contribution is 0.245. The highest BCUT2D eigenvalue weighted by atomic mass is 32.2. The summed E-state index contributed by atoms with van der Waals surface area (Å²) in [6.45, 7) is 4.91. The molecule has 0 bridgehead atoms. The van der Waals surface area contributed by atoms with E-state index >= 15 is 0 Å². The van der Waals surface area contributed by atoms with Crippen molar-refractivity contribution < 1.29 is 21.6 Å². The van der Waals surface area contributed by atoms with E-state index in [1.54, 1.807) is 24.3 Å². The van der Waals surface area contributed by atoms with Crippen molar-refractivity contribution in [3.63, 3.8) is 0 Å². The first-order chi connectivity index (χ1) is 21.0. The number of sulfonamides is 1. The molecule has 2 aliphatic heterocycles. The van der Waals surface area contributed by atoms with Gasteiger partial charge in [-0.25, -0.2) is 26.4 Å². The Morgan fingerprint density at radius 2 is 1.61 bits per heavy atom. The average molecular weight is 637 g/mol. The minimum atomic E-state index is -3.51. The number of urea groups is 1. The highest BCUT2D eigenvalue weighted by Gasteiger charge is 2.46. The number of hydrogen-bond acceptors (Lipinski definition) is 6. The van der Waals surface area contributed by atoms with E-state index < -0.39 is 19.9 Å². The van der Waals surface area contributed by atoms with Crippen molar-refractivity contribution in [3.8, 4) is 11.1 Å². The number of aryl methyl sites for hydroxylation is 1. The van der Waals surface area contributed by atoms with Crippen LogP contribution >= 0.6 is 0 Å². The van der Waals surface area contributed by atoms with Crippen molar-refractivity contribution >= 4 is 31.6 Å². The lowest BCUT2D eigenvalue weighted by Crippen LogP contribution is -2.41. The highest BCUT2D eigenvalue weighted by Crippen LogP contribution is 2.51. The second kappa shape index (κ2) is 11.9. The van der Waals surface area contributed by atoms with Crippen LogP contribution in [0.5, 0.6) is 0 Å². The number of benzene rings is 3. The molecule has 6 rings (SSSR count). The van der Waals surface area contributed by atoms with Crippen molar-refractivity contribution in [1.29, 1.82) is 0 Å².